The number of halogens is 3. The number of aromatic nitrogens is 5. The molecule has 332 valence electrons. The van der Waals surface area contributed by atoms with Gasteiger partial charge in [0.15, 0.2) is 0 Å². The van der Waals surface area contributed by atoms with Crippen molar-refractivity contribution >= 4 is 11.6 Å². The average molecular weight is 862 g/mol. The Hall–Kier alpha value is -5.07. The highest BCUT2D eigenvalue weighted by Crippen LogP contribution is 2.52. The highest BCUT2D eigenvalue weighted by atomic mass is 19.4. The summed E-state index contributed by atoms with van der Waals surface area (Å²) in [5.74, 6) is 1.35. The fraction of sp³-hybridized carbons (Fsp3) is 0.511. The van der Waals surface area contributed by atoms with Gasteiger partial charge in [-0.2, -0.15) is 13.2 Å². The molecule has 0 bridgehead atoms. The van der Waals surface area contributed by atoms with Crippen molar-refractivity contribution in [3.63, 3.8) is 0 Å². The number of fused-ring (bicyclic) bond motifs is 2. The van der Waals surface area contributed by atoms with Crippen molar-refractivity contribution in [3.05, 3.63) is 117 Å². The van der Waals surface area contributed by atoms with Gasteiger partial charge in [-0.25, -0.2) is 9.59 Å². The first-order valence-corrected chi connectivity index (χ1v) is 21.0. The predicted molar refractivity (Wildman–Crippen MR) is 222 cm³/mol. The van der Waals surface area contributed by atoms with Crippen molar-refractivity contribution < 1.29 is 41.7 Å². The molecular formula is C45H54F3N7O7. The highest BCUT2D eigenvalue weighted by Gasteiger charge is 2.60. The first-order chi connectivity index (χ1) is 29.6. The van der Waals surface area contributed by atoms with Gasteiger partial charge < -0.3 is 33.6 Å². The minimum Gasteiger partial charge on any atom is -0.444 e. The molecule has 3 unspecified atom stereocenters. The minimum absolute atomic E-state index is 0.0788. The smallest absolute Gasteiger partial charge is 0.418 e. The summed E-state index contributed by atoms with van der Waals surface area (Å²) in [6.45, 7) is 11.8. The van der Waals surface area contributed by atoms with Gasteiger partial charge in [-0.05, 0) is 68.1 Å². The van der Waals surface area contributed by atoms with Gasteiger partial charge in [-0.15, -0.1) is 10.2 Å². The standard InChI is InChI=1S/C45H54F3N7O7/c1-29-39-35(40(39)61-16-15-59-25-31-11-9-30(10-12-31)24-58-14-13-49-41(56)62-43(2,3)4)22-53(29)20-32-17-36(45(46,47)48)37-23-54(42(57)55(37)21-32)34-8-6-7-33(18-34)44(26-60-27-44)19-38-51-50-28-52(38)5/h6-12,17-18,21,23,28-29,35,39-40H,13-16,19-20,22,24-27H2,1-5H3,(H,49,56)/t29?,35?,39?,40-/m1/s1. The summed E-state index contributed by atoms with van der Waals surface area (Å²) in [5, 5.41) is 10.9. The third-order valence-electron chi connectivity index (χ3n) is 12.1. The molecule has 14 nitrogen and oxygen atoms in total. The van der Waals surface area contributed by atoms with Gasteiger partial charge in [0.25, 0.3) is 0 Å². The number of piperidine rings is 1. The van der Waals surface area contributed by atoms with Gasteiger partial charge in [0.05, 0.1) is 69.1 Å². The Balaban J connectivity index is 0.819. The van der Waals surface area contributed by atoms with Gasteiger partial charge in [-0.1, -0.05) is 36.4 Å². The number of aryl methyl sites for hydroxylation is 1. The maximum Gasteiger partial charge on any atom is 0.418 e. The van der Waals surface area contributed by atoms with Gasteiger partial charge in [0, 0.05) is 68.8 Å². The van der Waals surface area contributed by atoms with E-state index in [0.717, 1.165) is 26.9 Å². The molecule has 62 heavy (non-hydrogen) atoms. The molecule has 1 aliphatic carbocycles. The molecular weight excluding hydrogens is 808 g/mol. The Morgan fingerprint density at radius 2 is 1.69 bits per heavy atom. The maximum absolute atomic E-state index is 14.6. The van der Waals surface area contributed by atoms with Crippen LogP contribution in [0.25, 0.3) is 11.2 Å². The molecule has 17 heteroatoms. The third kappa shape index (κ3) is 9.61. The van der Waals surface area contributed by atoms with Crippen molar-refractivity contribution in [3.8, 4) is 5.69 Å². The number of hydrogen-bond donors (Lipinski definition) is 1. The van der Waals surface area contributed by atoms with Crippen LogP contribution >= 0.6 is 0 Å². The molecule has 4 atom stereocenters. The lowest BCUT2D eigenvalue weighted by Gasteiger charge is -2.41. The molecule has 1 N–H and O–H groups in total. The zero-order chi connectivity index (χ0) is 43.8. The van der Waals surface area contributed by atoms with Crippen LogP contribution in [0.4, 0.5) is 18.0 Å². The van der Waals surface area contributed by atoms with Gasteiger partial charge >= 0.3 is 18.0 Å². The molecule has 1 saturated carbocycles. The lowest BCUT2D eigenvalue weighted by molar-refractivity contribution is -0.136. The number of rotatable bonds is 17. The number of hydrogen-bond acceptors (Lipinski definition) is 10. The molecule has 5 aromatic rings. The normalized spacial score (nSPS) is 20.9. The molecule has 0 radical (unpaired) electrons. The number of amides is 1. The van der Waals surface area contributed by atoms with Crippen LogP contribution in [0.2, 0.25) is 0 Å². The van der Waals surface area contributed by atoms with Gasteiger partial charge in [0.2, 0.25) is 0 Å². The van der Waals surface area contributed by atoms with E-state index in [1.165, 1.54) is 16.8 Å². The summed E-state index contributed by atoms with van der Waals surface area (Å²) in [6.07, 6.45) is -0.0367. The number of pyridine rings is 1. The number of benzene rings is 2. The molecule has 0 spiro atoms. The number of alkyl halides is 3. The Kier molecular flexibility index (Phi) is 12.4. The van der Waals surface area contributed by atoms with Crippen LogP contribution in [0.1, 0.15) is 61.3 Å². The van der Waals surface area contributed by atoms with Crippen molar-refractivity contribution in [1.29, 1.82) is 0 Å². The zero-order valence-electron chi connectivity index (χ0n) is 35.7. The second kappa shape index (κ2) is 17.6. The number of likely N-dealkylation sites (tertiary alicyclic amines) is 1. The van der Waals surface area contributed by atoms with Crippen molar-refractivity contribution in [2.24, 2.45) is 18.9 Å². The molecule has 2 aliphatic heterocycles. The number of imidazole rings is 1. The SMILES string of the molecule is CC1C2C(CN1Cc1cc(C(F)(F)F)c3cn(-c4cccc(C5(Cc6nncn6C)COC5)c4)c(=O)n3c1)[C@H]2OCCOCc1ccc(COCCNC(=O)OC(C)(C)C)cc1. The lowest BCUT2D eigenvalue weighted by atomic mass is 9.75. The number of alkyl carbamates (subject to hydrolysis) is 1. The summed E-state index contributed by atoms with van der Waals surface area (Å²) in [6, 6.07) is 16.6. The van der Waals surface area contributed by atoms with E-state index in [1.807, 2.05) is 74.9 Å². The number of nitrogens with zero attached hydrogens (tertiary/aromatic N) is 6. The Morgan fingerprint density at radius 3 is 2.31 bits per heavy atom. The van der Waals surface area contributed by atoms with Gasteiger partial charge in [-0.3, -0.25) is 13.9 Å². The molecule has 3 aromatic heterocycles. The maximum atomic E-state index is 14.6. The van der Waals surface area contributed by atoms with Crippen LogP contribution in [0.3, 0.4) is 0 Å². The van der Waals surface area contributed by atoms with E-state index in [4.69, 9.17) is 23.7 Å². The van der Waals surface area contributed by atoms with Crippen molar-refractivity contribution in [2.45, 2.75) is 83.2 Å². The second-order valence-electron chi connectivity index (χ2n) is 17.8. The van der Waals surface area contributed by atoms with E-state index in [9.17, 15) is 22.8 Å². The van der Waals surface area contributed by atoms with Crippen LogP contribution in [-0.4, -0.2) is 98.6 Å². The van der Waals surface area contributed by atoms with Crippen LogP contribution in [0.5, 0.6) is 0 Å². The first-order valence-electron chi connectivity index (χ1n) is 21.0. The number of ether oxygens (including phenoxy) is 5. The fourth-order valence-corrected chi connectivity index (χ4v) is 8.70. The van der Waals surface area contributed by atoms with Gasteiger partial charge in [0.1, 0.15) is 17.8 Å². The summed E-state index contributed by atoms with van der Waals surface area (Å²) >= 11 is 0. The van der Waals surface area contributed by atoms with Crippen LogP contribution in [-0.2, 0) is 68.5 Å². The zero-order valence-corrected chi connectivity index (χ0v) is 35.7. The molecule has 8 rings (SSSR count). The van der Waals surface area contributed by atoms with E-state index < -0.39 is 34.5 Å². The van der Waals surface area contributed by atoms with Crippen molar-refractivity contribution in [2.75, 3.05) is 46.1 Å². The van der Waals surface area contributed by atoms with E-state index in [0.29, 0.717) is 77.0 Å². The third-order valence-corrected chi connectivity index (χ3v) is 12.1. The highest BCUT2D eigenvalue weighted by molar-refractivity contribution is 5.67. The van der Waals surface area contributed by atoms with Crippen LogP contribution < -0.4 is 11.0 Å². The lowest BCUT2D eigenvalue weighted by Crippen LogP contribution is -2.49. The van der Waals surface area contributed by atoms with Crippen LogP contribution in [0, 0.1) is 11.8 Å². The first kappa shape index (κ1) is 43.6. The Morgan fingerprint density at radius 1 is 0.968 bits per heavy atom. The van der Waals surface area contributed by atoms with Crippen LogP contribution in [0.15, 0.2) is 78.1 Å². The Labute approximate surface area is 357 Å². The number of carbonyl (C=O) groups is 1. The monoisotopic (exact) mass is 861 g/mol. The number of carbonyl (C=O) groups excluding carboxylic acids is 1. The molecule has 2 aromatic carbocycles. The molecule has 3 aliphatic rings. The molecule has 2 saturated heterocycles. The number of nitrogens with one attached hydrogen (secondary N) is 1. The fourth-order valence-electron chi connectivity index (χ4n) is 8.70. The van der Waals surface area contributed by atoms with E-state index >= 15 is 0 Å². The topological polar surface area (TPSA) is 136 Å². The summed E-state index contributed by atoms with van der Waals surface area (Å²) in [7, 11) is 1.87. The van der Waals surface area contributed by atoms with E-state index in [-0.39, 0.29) is 36.0 Å². The van der Waals surface area contributed by atoms with Crippen molar-refractivity contribution in [1.82, 2.24) is 33.9 Å². The largest absolute Gasteiger partial charge is 0.444 e. The molecule has 3 fully saturated rings. The summed E-state index contributed by atoms with van der Waals surface area (Å²) in [5.41, 5.74) is 1.27. The summed E-state index contributed by atoms with van der Waals surface area (Å²) < 4.78 is 76.7. The molecule has 1 amide bonds. The quantitative estimate of drug-likeness (QED) is 0.114. The predicted octanol–water partition coefficient (Wildman–Crippen LogP) is 5.84. The Bertz CT molecular complexity index is 2420. The van der Waals surface area contributed by atoms with E-state index in [1.54, 1.807) is 18.6 Å². The minimum atomic E-state index is -4.67. The second-order valence-corrected chi connectivity index (χ2v) is 17.8. The van der Waals surface area contributed by atoms with E-state index in [2.05, 4.69) is 27.3 Å². The average Bonchev–Trinajstić information content (AvgIpc) is 3.38. The summed E-state index contributed by atoms with van der Waals surface area (Å²) in [4.78, 5) is 27.8. The molecule has 5 heterocycles.